The number of rotatable bonds is 3. The highest BCUT2D eigenvalue weighted by Crippen LogP contribution is 2.26. The monoisotopic (exact) mass is 199 g/mol. The predicted molar refractivity (Wildman–Crippen MR) is 53.0 cm³/mol. The number of nitrogens with two attached hydrogens (primary N) is 1. The van der Waals surface area contributed by atoms with Crippen molar-refractivity contribution in [2.45, 2.75) is 38.6 Å². The molecule has 0 heterocycles. The highest BCUT2D eigenvalue weighted by atomic mass is 16.4. The van der Waals surface area contributed by atoms with Crippen LogP contribution in [-0.4, -0.2) is 22.5 Å². The van der Waals surface area contributed by atoms with E-state index in [1.54, 1.807) is 13.8 Å². The van der Waals surface area contributed by atoms with E-state index in [0.717, 1.165) is 19.3 Å². The van der Waals surface area contributed by atoms with Gasteiger partial charge in [-0.1, -0.05) is 11.6 Å². The van der Waals surface area contributed by atoms with Gasteiger partial charge in [-0.05, 0) is 26.7 Å². The van der Waals surface area contributed by atoms with E-state index in [1.165, 1.54) is 0 Å². The third-order valence-electron chi connectivity index (χ3n) is 2.66. The van der Waals surface area contributed by atoms with Crippen LogP contribution < -0.4 is 11.1 Å². The van der Waals surface area contributed by atoms with Crippen LogP contribution in [0.25, 0.3) is 0 Å². The zero-order chi connectivity index (χ0) is 10.8. The molecule has 0 unspecified atom stereocenters. The van der Waals surface area contributed by atoms with Crippen LogP contribution in [0.15, 0.2) is 5.16 Å². The summed E-state index contributed by atoms with van der Waals surface area (Å²) in [5.41, 5.74) is 4.67. The number of carbonyl (C=O) groups excluding carboxylic acids is 1. The zero-order valence-electron chi connectivity index (χ0n) is 8.58. The number of hydrogen-bond donors (Lipinski definition) is 3. The van der Waals surface area contributed by atoms with E-state index in [9.17, 15) is 4.79 Å². The fraction of sp³-hybridized carbons (Fsp3) is 0.778. The number of hydrogen-bond acceptors (Lipinski definition) is 3. The summed E-state index contributed by atoms with van der Waals surface area (Å²) in [5, 5.41) is 14.2. The minimum absolute atomic E-state index is 0.00662. The quantitative estimate of drug-likeness (QED) is 0.266. The molecule has 1 amide bonds. The van der Waals surface area contributed by atoms with Gasteiger partial charge >= 0.3 is 0 Å². The Balaban J connectivity index is 2.53. The Morgan fingerprint density at radius 3 is 2.50 bits per heavy atom. The normalized spacial score (nSPS) is 18.9. The number of carbonyl (C=O) groups is 1. The smallest absolute Gasteiger partial charge is 0.223 e. The van der Waals surface area contributed by atoms with E-state index < -0.39 is 5.54 Å². The SMILES string of the molecule is CC(C)(NC(=O)C1CCC1)/C(N)=N/O. The largest absolute Gasteiger partial charge is 0.409 e. The lowest BCUT2D eigenvalue weighted by Crippen LogP contribution is -2.55. The first-order valence-electron chi connectivity index (χ1n) is 4.77. The molecule has 0 radical (unpaired) electrons. The molecular weight excluding hydrogens is 182 g/mol. The van der Waals surface area contributed by atoms with Crippen molar-refractivity contribution in [3.63, 3.8) is 0 Å². The second-order valence-corrected chi connectivity index (χ2v) is 4.23. The van der Waals surface area contributed by atoms with Gasteiger partial charge < -0.3 is 16.3 Å². The molecule has 0 aliphatic heterocycles. The molecule has 1 aliphatic rings. The predicted octanol–water partition coefficient (Wildman–Crippen LogP) is 0.428. The maximum Gasteiger partial charge on any atom is 0.223 e. The number of oxime groups is 1. The van der Waals surface area contributed by atoms with Crippen LogP contribution in [0.1, 0.15) is 33.1 Å². The van der Waals surface area contributed by atoms with Crippen LogP contribution in [0.4, 0.5) is 0 Å². The molecular formula is C9H17N3O2. The lowest BCUT2D eigenvalue weighted by Gasteiger charge is -2.30. The summed E-state index contributed by atoms with van der Waals surface area (Å²) < 4.78 is 0. The van der Waals surface area contributed by atoms with Crippen LogP contribution in [0.3, 0.4) is 0 Å². The number of amides is 1. The summed E-state index contributed by atoms with van der Waals surface area (Å²) in [6, 6.07) is 0. The molecule has 0 aromatic carbocycles. The maximum atomic E-state index is 11.6. The topological polar surface area (TPSA) is 87.7 Å². The van der Waals surface area contributed by atoms with Gasteiger partial charge in [0, 0.05) is 5.92 Å². The van der Waals surface area contributed by atoms with Crippen molar-refractivity contribution in [1.29, 1.82) is 0 Å². The van der Waals surface area contributed by atoms with Gasteiger partial charge in [-0.2, -0.15) is 0 Å². The molecule has 0 atom stereocenters. The molecule has 1 fully saturated rings. The highest BCUT2D eigenvalue weighted by Gasteiger charge is 2.31. The molecule has 5 heteroatoms. The van der Waals surface area contributed by atoms with Crippen molar-refractivity contribution in [3.8, 4) is 0 Å². The Hall–Kier alpha value is -1.26. The van der Waals surface area contributed by atoms with E-state index in [-0.39, 0.29) is 17.7 Å². The molecule has 0 aromatic heterocycles. The van der Waals surface area contributed by atoms with Crippen LogP contribution in [0.2, 0.25) is 0 Å². The first-order chi connectivity index (χ1) is 6.47. The lowest BCUT2D eigenvalue weighted by atomic mass is 9.84. The average Bonchev–Trinajstić information content (AvgIpc) is 1.98. The zero-order valence-corrected chi connectivity index (χ0v) is 8.58. The van der Waals surface area contributed by atoms with Crippen LogP contribution in [0.5, 0.6) is 0 Å². The third-order valence-corrected chi connectivity index (χ3v) is 2.66. The van der Waals surface area contributed by atoms with Gasteiger partial charge in [-0.15, -0.1) is 0 Å². The Labute approximate surface area is 83.3 Å². The summed E-state index contributed by atoms with van der Waals surface area (Å²) in [7, 11) is 0. The van der Waals surface area contributed by atoms with Gasteiger partial charge in [-0.25, -0.2) is 0 Å². The summed E-state index contributed by atoms with van der Waals surface area (Å²) in [6.45, 7) is 3.41. The van der Waals surface area contributed by atoms with Crippen molar-refractivity contribution >= 4 is 11.7 Å². The molecule has 1 aliphatic carbocycles. The molecule has 0 saturated heterocycles. The standard InChI is InChI=1S/C9H17N3O2/c1-9(2,8(10)12-14)11-7(13)6-4-3-5-6/h6,14H,3-5H2,1-2H3,(H2,10,12)(H,11,13). The third kappa shape index (κ3) is 2.16. The first-order valence-corrected chi connectivity index (χ1v) is 4.77. The average molecular weight is 199 g/mol. The van der Waals surface area contributed by atoms with Gasteiger partial charge in [0.15, 0.2) is 5.84 Å². The van der Waals surface area contributed by atoms with Crippen molar-refractivity contribution in [3.05, 3.63) is 0 Å². The molecule has 0 bridgehead atoms. The number of nitrogens with one attached hydrogen (secondary N) is 1. The Morgan fingerprint density at radius 1 is 1.57 bits per heavy atom. The van der Waals surface area contributed by atoms with E-state index >= 15 is 0 Å². The van der Waals surface area contributed by atoms with E-state index in [0.29, 0.717) is 0 Å². The molecule has 0 spiro atoms. The molecule has 1 saturated carbocycles. The number of amidine groups is 1. The van der Waals surface area contributed by atoms with Crippen molar-refractivity contribution in [2.75, 3.05) is 0 Å². The summed E-state index contributed by atoms with van der Waals surface area (Å²) >= 11 is 0. The van der Waals surface area contributed by atoms with Gasteiger partial charge in [0.1, 0.15) is 0 Å². The van der Waals surface area contributed by atoms with Crippen molar-refractivity contribution < 1.29 is 10.0 Å². The lowest BCUT2D eigenvalue weighted by molar-refractivity contribution is -0.128. The summed E-state index contributed by atoms with van der Waals surface area (Å²) in [5.74, 6) is 0.124. The molecule has 0 aromatic rings. The van der Waals surface area contributed by atoms with Crippen LogP contribution in [0, 0.1) is 5.92 Å². The van der Waals surface area contributed by atoms with Crippen molar-refractivity contribution in [1.82, 2.24) is 5.32 Å². The molecule has 80 valence electrons. The van der Waals surface area contributed by atoms with Gasteiger partial charge in [0.05, 0.1) is 5.54 Å². The van der Waals surface area contributed by atoms with E-state index in [4.69, 9.17) is 10.9 Å². The minimum atomic E-state index is -0.776. The fourth-order valence-corrected chi connectivity index (χ4v) is 1.27. The summed E-state index contributed by atoms with van der Waals surface area (Å²) in [4.78, 5) is 11.6. The van der Waals surface area contributed by atoms with Crippen molar-refractivity contribution in [2.24, 2.45) is 16.8 Å². The van der Waals surface area contributed by atoms with E-state index in [2.05, 4.69) is 10.5 Å². The Kier molecular flexibility index (Phi) is 2.98. The fourth-order valence-electron chi connectivity index (χ4n) is 1.27. The second kappa shape index (κ2) is 3.86. The molecule has 14 heavy (non-hydrogen) atoms. The highest BCUT2D eigenvalue weighted by molar-refractivity contribution is 5.93. The molecule has 1 rings (SSSR count). The van der Waals surface area contributed by atoms with Crippen LogP contribution in [-0.2, 0) is 4.79 Å². The van der Waals surface area contributed by atoms with Crippen LogP contribution >= 0.6 is 0 Å². The first kappa shape index (κ1) is 10.8. The number of nitrogens with zero attached hydrogens (tertiary/aromatic N) is 1. The Bertz CT molecular complexity index is 257. The summed E-state index contributed by atoms with van der Waals surface area (Å²) in [6.07, 6.45) is 3.00. The van der Waals surface area contributed by atoms with Gasteiger partial charge in [0.2, 0.25) is 5.91 Å². The van der Waals surface area contributed by atoms with Gasteiger partial charge in [-0.3, -0.25) is 4.79 Å². The maximum absolute atomic E-state index is 11.6. The molecule has 4 N–H and O–H groups in total. The second-order valence-electron chi connectivity index (χ2n) is 4.23. The minimum Gasteiger partial charge on any atom is -0.409 e. The van der Waals surface area contributed by atoms with E-state index in [1.807, 2.05) is 0 Å². The molecule has 5 nitrogen and oxygen atoms in total. The van der Waals surface area contributed by atoms with Gasteiger partial charge in [0.25, 0.3) is 0 Å². The Morgan fingerprint density at radius 2 is 2.14 bits per heavy atom.